The van der Waals surface area contributed by atoms with Gasteiger partial charge in [-0.05, 0) is 56.2 Å². The van der Waals surface area contributed by atoms with Crippen LogP contribution in [0.2, 0.25) is 5.02 Å². The topological polar surface area (TPSA) is 26.3 Å². The van der Waals surface area contributed by atoms with Crippen molar-refractivity contribution in [2.24, 2.45) is 5.92 Å². The van der Waals surface area contributed by atoms with Gasteiger partial charge in [-0.3, -0.25) is 4.79 Å². The molecule has 0 atom stereocenters. The van der Waals surface area contributed by atoms with Gasteiger partial charge in [0.05, 0.1) is 12.5 Å². The SMILES string of the molecule is CCOC(=O)C1CCC(c2ccc(Cl)cc2)CC1. The molecule has 0 saturated heterocycles. The van der Waals surface area contributed by atoms with Crippen LogP contribution in [-0.2, 0) is 9.53 Å². The molecule has 2 rings (SSSR count). The highest BCUT2D eigenvalue weighted by atomic mass is 35.5. The highest BCUT2D eigenvalue weighted by Gasteiger charge is 2.27. The first-order chi connectivity index (χ1) is 8.70. The highest BCUT2D eigenvalue weighted by Crippen LogP contribution is 2.36. The fraction of sp³-hybridized carbons (Fsp3) is 0.533. The van der Waals surface area contributed by atoms with Crippen molar-refractivity contribution in [3.8, 4) is 0 Å². The van der Waals surface area contributed by atoms with Gasteiger partial charge < -0.3 is 4.74 Å². The third-order valence-corrected chi connectivity index (χ3v) is 3.94. The Balaban J connectivity index is 1.90. The van der Waals surface area contributed by atoms with E-state index in [0.717, 1.165) is 30.7 Å². The summed E-state index contributed by atoms with van der Waals surface area (Å²) in [5.74, 6) is 0.647. The predicted molar refractivity (Wildman–Crippen MR) is 72.8 cm³/mol. The van der Waals surface area contributed by atoms with Crippen LogP contribution in [0, 0.1) is 5.92 Å². The average molecular weight is 267 g/mol. The van der Waals surface area contributed by atoms with Crippen LogP contribution >= 0.6 is 11.6 Å². The Kier molecular flexibility index (Phi) is 4.65. The van der Waals surface area contributed by atoms with Gasteiger partial charge in [0.2, 0.25) is 0 Å². The minimum absolute atomic E-state index is 0.0212. The van der Waals surface area contributed by atoms with Gasteiger partial charge >= 0.3 is 5.97 Å². The molecular formula is C15H19ClO2. The Morgan fingerprint density at radius 2 is 1.83 bits per heavy atom. The smallest absolute Gasteiger partial charge is 0.308 e. The summed E-state index contributed by atoms with van der Waals surface area (Å²) >= 11 is 5.89. The van der Waals surface area contributed by atoms with Crippen molar-refractivity contribution >= 4 is 17.6 Å². The summed E-state index contributed by atoms with van der Waals surface area (Å²) < 4.78 is 5.08. The molecule has 0 radical (unpaired) electrons. The number of carbonyl (C=O) groups excluding carboxylic acids is 1. The third-order valence-electron chi connectivity index (χ3n) is 3.69. The van der Waals surface area contributed by atoms with E-state index < -0.39 is 0 Å². The van der Waals surface area contributed by atoms with Crippen molar-refractivity contribution in [3.05, 3.63) is 34.9 Å². The molecule has 1 aliphatic rings. The fourth-order valence-electron chi connectivity index (χ4n) is 2.66. The van der Waals surface area contributed by atoms with Crippen molar-refractivity contribution in [1.82, 2.24) is 0 Å². The lowest BCUT2D eigenvalue weighted by Crippen LogP contribution is -2.23. The molecule has 1 fully saturated rings. The van der Waals surface area contributed by atoms with Gasteiger partial charge in [0.15, 0.2) is 0 Å². The molecule has 18 heavy (non-hydrogen) atoms. The molecule has 0 aliphatic heterocycles. The summed E-state index contributed by atoms with van der Waals surface area (Å²) in [5.41, 5.74) is 1.33. The molecule has 0 bridgehead atoms. The van der Waals surface area contributed by atoms with Crippen LogP contribution in [0.25, 0.3) is 0 Å². The number of benzene rings is 1. The van der Waals surface area contributed by atoms with Crippen molar-refractivity contribution in [1.29, 1.82) is 0 Å². The average Bonchev–Trinajstić information content (AvgIpc) is 2.40. The summed E-state index contributed by atoms with van der Waals surface area (Å²) in [6.07, 6.45) is 3.99. The maximum Gasteiger partial charge on any atom is 0.308 e. The van der Waals surface area contributed by atoms with Gasteiger partial charge in [-0.2, -0.15) is 0 Å². The number of esters is 1. The molecule has 1 aromatic rings. The zero-order valence-corrected chi connectivity index (χ0v) is 11.5. The molecule has 0 amide bonds. The standard InChI is InChI=1S/C15H19ClO2/c1-2-18-15(17)13-5-3-11(4-6-13)12-7-9-14(16)10-8-12/h7-11,13H,2-6H2,1H3. The molecule has 0 heterocycles. The van der Waals surface area contributed by atoms with Crippen LogP contribution in [-0.4, -0.2) is 12.6 Å². The second-order valence-corrected chi connectivity index (χ2v) is 5.29. The second-order valence-electron chi connectivity index (χ2n) is 4.85. The van der Waals surface area contributed by atoms with Gasteiger partial charge in [-0.1, -0.05) is 23.7 Å². The van der Waals surface area contributed by atoms with Gasteiger partial charge in [0.25, 0.3) is 0 Å². The zero-order valence-electron chi connectivity index (χ0n) is 10.7. The zero-order chi connectivity index (χ0) is 13.0. The Bertz CT molecular complexity index is 391. The normalized spacial score (nSPS) is 23.7. The predicted octanol–water partition coefficient (Wildman–Crippen LogP) is 4.18. The number of hydrogen-bond acceptors (Lipinski definition) is 2. The first kappa shape index (κ1) is 13.4. The summed E-state index contributed by atoms with van der Waals surface area (Å²) in [7, 11) is 0. The van der Waals surface area contributed by atoms with Crippen LogP contribution in [0.5, 0.6) is 0 Å². The Labute approximate surface area is 113 Å². The summed E-state index contributed by atoms with van der Waals surface area (Å²) in [5, 5.41) is 0.777. The van der Waals surface area contributed by atoms with Crippen LogP contribution in [0.1, 0.15) is 44.1 Å². The molecule has 2 nitrogen and oxygen atoms in total. The molecule has 1 aliphatic carbocycles. The number of hydrogen-bond donors (Lipinski definition) is 0. The minimum Gasteiger partial charge on any atom is -0.466 e. The van der Waals surface area contributed by atoms with Crippen LogP contribution < -0.4 is 0 Å². The number of ether oxygens (including phenoxy) is 1. The maximum absolute atomic E-state index is 11.6. The van der Waals surface area contributed by atoms with E-state index in [1.54, 1.807) is 0 Å². The van der Waals surface area contributed by atoms with Gasteiger partial charge in [0.1, 0.15) is 0 Å². The monoisotopic (exact) mass is 266 g/mol. The van der Waals surface area contributed by atoms with Gasteiger partial charge in [0, 0.05) is 5.02 Å². The van der Waals surface area contributed by atoms with Crippen LogP contribution in [0.15, 0.2) is 24.3 Å². The number of halogens is 1. The van der Waals surface area contributed by atoms with E-state index in [-0.39, 0.29) is 11.9 Å². The Hall–Kier alpha value is -1.02. The van der Waals surface area contributed by atoms with E-state index >= 15 is 0 Å². The molecule has 1 aromatic carbocycles. The van der Waals surface area contributed by atoms with E-state index in [2.05, 4.69) is 12.1 Å². The van der Waals surface area contributed by atoms with E-state index in [9.17, 15) is 4.79 Å². The Morgan fingerprint density at radius 1 is 1.22 bits per heavy atom. The Morgan fingerprint density at radius 3 is 2.39 bits per heavy atom. The van der Waals surface area contributed by atoms with Crippen molar-refractivity contribution in [3.63, 3.8) is 0 Å². The summed E-state index contributed by atoms with van der Waals surface area (Å²) in [4.78, 5) is 11.6. The lowest BCUT2D eigenvalue weighted by Gasteiger charge is -2.27. The van der Waals surface area contributed by atoms with Crippen LogP contribution in [0.4, 0.5) is 0 Å². The maximum atomic E-state index is 11.6. The van der Waals surface area contributed by atoms with Crippen molar-refractivity contribution < 1.29 is 9.53 Å². The van der Waals surface area contributed by atoms with Gasteiger partial charge in [-0.25, -0.2) is 0 Å². The summed E-state index contributed by atoms with van der Waals surface area (Å²) in [6.45, 7) is 2.34. The van der Waals surface area contributed by atoms with E-state index in [1.807, 2.05) is 19.1 Å². The van der Waals surface area contributed by atoms with E-state index in [1.165, 1.54) is 5.56 Å². The van der Waals surface area contributed by atoms with E-state index in [4.69, 9.17) is 16.3 Å². The quantitative estimate of drug-likeness (QED) is 0.768. The van der Waals surface area contributed by atoms with Crippen molar-refractivity contribution in [2.75, 3.05) is 6.61 Å². The molecule has 0 spiro atoms. The largest absolute Gasteiger partial charge is 0.466 e. The lowest BCUT2D eigenvalue weighted by molar-refractivity contribution is -0.149. The molecule has 0 N–H and O–H groups in total. The molecule has 0 unspecified atom stereocenters. The molecule has 98 valence electrons. The number of carbonyl (C=O) groups is 1. The highest BCUT2D eigenvalue weighted by molar-refractivity contribution is 6.30. The number of rotatable bonds is 3. The fourth-order valence-corrected chi connectivity index (χ4v) is 2.78. The van der Waals surface area contributed by atoms with Gasteiger partial charge in [-0.15, -0.1) is 0 Å². The third kappa shape index (κ3) is 3.26. The molecular weight excluding hydrogens is 248 g/mol. The minimum atomic E-state index is -0.0212. The van der Waals surface area contributed by atoms with Crippen molar-refractivity contribution in [2.45, 2.75) is 38.5 Å². The molecule has 1 saturated carbocycles. The molecule has 3 heteroatoms. The first-order valence-electron chi connectivity index (χ1n) is 6.62. The first-order valence-corrected chi connectivity index (χ1v) is 7.00. The lowest BCUT2D eigenvalue weighted by atomic mass is 9.79. The summed E-state index contributed by atoms with van der Waals surface area (Å²) in [6, 6.07) is 8.07. The van der Waals surface area contributed by atoms with Crippen LogP contribution in [0.3, 0.4) is 0 Å². The second kappa shape index (κ2) is 6.24. The van der Waals surface area contributed by atoms with E-state index in [0.29, 0.717) is 12.5 Å². The molecule has 0 aromatic heterocycles.